The molecule has 1 saturated heterocycles. The van der Waals surface area contributed by atoms with Crippen LogP contribution in [-0.2, 0) is 29.2 Å². The van der Waals surface area contributed by atoms with Crippen LogP contribution >= 0.6 is 0 Å². The Morgan fingerprint density at radius 1 is 1.00 bits per heavy atom. The van der Waals surface area contributed by atoms with Gasteiger partial charge in [0.2, 0.25) is 15.9 Å². The van der Waals surface area contributed by atoms with Gasteiger partial charge in [0.1, 0.15) is 17.5 Å². The lowest BCUT2D eigenvalue weighted by Gasteiger charge is -2.35. The van der Waals surface area contributed by atoms with Crippen molar-refractivity contribution in [2.45, 2.75) is 30.8 Å². The number of H-pyrrole nitrogens is 1. The van der Waals surface area contributed by atoms with Crippen LogP contribution < -0.4 is 16.0 Å². The fraction of sp³-hybridized carbons (Fsp3) is 0.323. The molecule has 4 heterocycles. The minimum absolute atomic E-state index is 0.0403. The summed E-state index contributed by atoms with van der Waals surface area (Å²) < 4.78 is 57.7. The number of anilines is 2. The zero-order valence-corrected chi connectivity index (χ0v) is 27.7. The van der Waals surface area contributed by atoms with Gasteiger partial charge in [-0.15, -0.1) is 0 Å². The number of carbonyl (C=O) groups is 3. The summed E-state index contributed by atoms with van der Waals surface area (Å²) >= 11 is 0. The average Bonchev–Trinajstić information content (AvgIpc) is 3.69. The number of hydrogen-bond acceptors (Lipinski definition) is 9. The van der Waals surface area contributed by atoms with Crippen molar-refractivity contribution >= 4 is 39.3 Å². The van der Waals surface area contributed by atoms with Gasteiger partial charge in [0.25, 0.3) is 5.91 Å². The molecule has 0 saturated carbocycles. The highest BCUT2D eigenvalue weighted by atomic mass is 32.2. The van der Waals surface area contributed by atoms with Crippen molar-refractivity contribution in [3.8, 4) is 11.4 Å². The molecule has 0 radical (unpaired) electrons. The van der Waals surface area contributed by atoms with E-state index in [1.165, 1.54) is 22.9 Å². The standard InChI is InChI=1S/C31H33F2N9O6S/c1-31(2)25-22(14-42(31)49(47,48)18-10-16(32)9-17(33)11-18)27(38-37-25)36-29(44)20-12-21(28-35-23(30(45)46)15-40(28)4)24(13-19(20)26(34)43)41-7-5-39(3)6-8-41/h9-13,15H,5-8,14H2,1-4H3,(H2,34,43)(H,45,46)(H2,36,37,38,44). The van der Waals surface area contributed by atoms with Crippen molar-refractivity contribution < 1.29 is 36.7 Å². The molecule has 0 spiro atoms. The molecule has 258 valence electrons. The summed E-state index contributed by atoms with van der Waals surface area (Å²) in [7, 11) is -0.853. The van der Waals surface area contributed by atoms with Gasteiger partial charge in [-0.1, -0.05) is 0 Å². The fourth-order valence-corrected chi connectivity index (χ4v) is 8.02. The van der Waals surface area contributed by atoms with Gasteiger partial charge in [-0.2, -0.15) is 9.40 Å². The summed E-state index contributed by atoms with van der Waals surface area (Å²) in [4.78, 5) is 46.3. The summed E-state index contributed by atoms with van der Waals surface area (Å²) in [6, 6.07) is 4.91. The van der Waals surface area contributed by atoms with E-state index in [-0.39, 0.29) is 35.0 Å². The quantitative estimate of drug-likeness (QED) is 0.212. The molecule has 5 N–H and O–H groups in total. The maximum Gasteiger partial charge on any atom is 0.356 e. The summed E-state index contributed by atoms with van der Waals surface area (Å²) in [6.45, 7) is 5.38. The number of halogens is 2. The van der Waals surface area contributed by atoms with Crippen molar-refractivity contribution in [2.24, 2.45) is 12.8 Å². The van der Waals surface area contributed by atoms with Crippen molar-refractivity contribution in [2.75, 3.05) is 43.4 Å². The molecule has 2 aliphatic heterocycles. The van der Waals surface area contributed by atoms with Crippen LogP contribution in [-0.4, -0.2) is 93.5 Å². The summed E-state index contributed by atoms with van der Waals surface area (Å²) in [6.07, 6.45) is 1.33. The van der Waals surface area contributed by atoms with Crippen molar-refractivity contribution in [1.29, 1.82) is 0 Å². The maximum atomic E-state index is 14.0. The van der Waals surface area contributed by atoms with Crippen molar-refractivity contribution in [3.63, 3.8) is 0 Å². The molecule has 0 bridgehead atoms. The highest BCUT2D eigenvalue weighted by Crippen LogP contribution is 2.44. The second-order valence-electron chi connectivity index (χ2n) is 12.5. The van der Waals surface area contributed by atoms with E-state index in [2.05, 4.69) is 25.4 Å². The third kappa shape index (κ3) is 5.91. The Morgan fingerprint density at radius 2 is 1.65 bits per heavy atom. The number of carboxylic acid groups (broad SMARTS) is 1. The van der Waals surface area contributed by atoms with E-state index in [4.69, 9.17) is 5.73 Å². The van der Waals surface area contributed by atoms with Gasteiger partial charge in [-0.05, 0) is 45.2 Å². The zero-order valence-electron chi connectivity index (χ0n) is 26.9. The Labute approximate surface area is 279 Å². The fourth-order valence-electron chi connectivity index (χ4n) is 6.25. The Bertz CT molecular complexity index is 2120. The van der Waals surface area contributed by atoms with Crippen LogP contribution in [0, 0.1) is 11.6 Å². The van der Waals surface area contributed by atoms with E-state index in [0.29, 0.717) is 54.8 Å². The molecule has 1 fully saturated rings. The molecule has 2 amide bonds. The molecule has 2 aliphatic rings. The highest BCUT2D eigenvalue weighted by molar-refractivity contribution is 7.89. The van der Waals surface area contributed by atoms with Crippen LogP contribution in [0.1, 0.15) is 56.3 Å². The number of carboxylic acids is 1. The van der Waals surface area contributed by atoms with Crippen LogP contribution in [0.4, 0.5) is 20.3 Å². The third-order valence-electron chi connectivity index (χ3n) is 8.89. The Kier molecular flexibility index (Phi) is 8.28. The van der Waals surface area contributed by atoms with Crippen LogP contribution in [0.15, 0.2) is 41.4 Å². The number of nitrogens with two attached hydrogens (primary N) is 1. The number of sulfonamides is 1. The van der Waals surface area contributed by atoms with E-state index in [1.54, 1.807) is 20.9 Å². The molecule has 4 aromatic rings. The Balaban J connectivity index is 1.39. The number of carbonyl (C=O) groups excluding carboxylic acids is 2. The lowest BCUT2D eigenvalue weighted by atomic mass is 9.98. The summed E-state index contributed by atoms with van der Waals surface area (Å²) in [5.74, 6) is -4.88. The van der Waals surface area contributed by atoms with Crippen LogP contribution in [0.3, 0.4) is 0 Å². The molecule has 15 nitrogen and oxygen atoms in total. The number of fused-ring (bicyclic) bond motifs is 1. The number of aryl methyl sites for hydroxylation is 1. The number of primary amides is 1. The first kappa shape index (κ1) is 33.7. The number of imidazole rings is 1. The minimum atomic E-state index is -4.43. The monoisotopic (exact) mass is 697 g/mol. The van der Waals surface area contributed by atoms with Gasteiger partial charge >= 0.3 is 5.97 Å². The largest absolute Gasteiger partial charge is 0.476 e. The van der Waals surface area contributed by atoms with Crippen molar-refractivity contribution in [3.05, 3.63) is 76.2 Å². The molecule has 0 unspecified atom stereocenters. The lowest BCUT2D eigenvalue weighted by Crippen LogP contribution is -2.44. The topological polar surface area (TPSA) is 200 Å². The number of aromatic carboxylic acids is 1. The number of nitrogens with one attached hydrogen (secondary N) is 2. The molecule has 2 aromatic carbocycles. The molecule has 0 atom stereocenters. The Hall–Kier alpha value is -5.20. The van der Waals surface area contributed by atoms with Crippen LogP contribution in [0.2, 0.25) is 0 Å². The number of aromatic nitrogens is 4. The molecule has 6 rings (SSSR count). The number of likely N-dealkylation sites (N-methyl/N-ethyl adjacent to an activating group) is 1. The summed E-state index contributed by atoms with van der Waals surface area (Å²) in [5, 5.41) is 19.2. The van der Waals surface area contributed by atoms with E-state index in [1.807, 2.05) is 11.9 Å². The lowest BCUT2D eigenvalue weighted by molar-refractivity contribution is 0.0690. The van der Waals surface area contributed by atoms with Crippen LogP contribution in [0.25, 0.3) is 11.4 Å². The second-order valence-corrected chi connectivity index (χ2v) is 14.4. The van der Waals surface area contributed by atoms with Gasteiger partial charge in [-0.3, -0.25) is 14.7 Å². The number of nitrogens with zero attached hydrogens (tertiary/aromatic N) is 6. The SMILES string of the molecule is CN1CCN(c2cc(C(N)=O)c(C(=O)Nc3n[nH]c4c3CN(S(=O)(=O)c3cc(F)cc(F)c3)C4(C)C)cc2-c2nc(C(=O)O)cn2C)CC1. The molecular weight excluding hydrogens is 664 g/mol. The second kappa shape index (κ2) is 12.0. The number of rotatable bonds is 8. The van der Waals surface area contributed by atoms with Gasteiger partial charge in [0.15, 0.2) is 11.5 Å². The Morgan fingerprint density at radius 3 is 2.24 bits per heavy atom. The zero-order chi connectivity index (χ0) is 35.6. The number of piperazine rings is 1. The van der Waals surface area contributed by atoms with Gasteiger partial charge in [0, 0.05) is 68.8 Å². The van der Waals surface area contributed by atoms with Crippen molar-refractivity contribution in [1.82, 2.24) is 29.0 Å². The smallest absolute Gasteiger partial charge is 0.356 e. The number of hydrogen-bond donors (Lipinski definition) is 4. The highest BCUT2D eigenvalue weighted by Gasteiger charge is 2.48. The molecular formula is C31H33F2N9O6S. The normalized spacial score (nSPS) is 16.5. The average molecular weight is 698 g/mol. The first-order valence-electron chi connectivity index (χ1n) is 15.1. The number of aromatic amines is 1. The molecule has 2 aromatic heterocycles. The van der Waals surface area contributed by atoms with Gasteiger partial charge in [0.05, 0.1) is 27.3 Å². The predicted octanol–water partition coefficient (Wildman–Crippen LogP) is 2.33. The third-order valence-corrected chi connectivity index (χ3v) is 10.9. The van der Waals surface area contributed by atoms with E-state index in [0.717, 1.165) is 16.4 Å². The van der Waals surface area contributed by atoms with Gasteiger partial charge in [-0.25, -0.2) is 27.0 Å². The maximum absolute atomic E-state index is 14.0. The first-order chi connectivity index (χ1) is 23.0. The predicted molar refractivity (Wildman–Crippen MR) is 172 cm³/mol. The number of benzene rings is 2. The molecule has 0 aliphatic carbocycles. The first-order valence-corrected chi connectivity index (χ1v) is 16.5. The van der Waals surface area contributed by atoms with E-state index < -0.39 is 49.9 Å². The summed E-state index contributed by atoms with van der Waals surface area (Å²) in [5.41, 5.74) is 5.55. The number of amides is 2. The van der Waals surface area contributed by atoms with E-state index in [9.17, 15) is 36.7 Å². The minimum Gasteiger partial charge on any atom is -0.476 e. The van der Waals surface area contributed by atoms with Gasteiger partial charge < -0.3 is 30.5 Å². The van der Waals surface area contributed by atoms with Crippen LogP contribution in [0.5, 0.6) is 0 Å². The molecule has 18 heteroatoms. The van der Waals surface area contributed by atoms with E-state index >= 15 is 0 Å². The molecule has 49 heavy (non-hydrogen) atoms.